The molecule has 98 heavy (non-hydrogen) atoms. The van der Waals surface area contributed by atoms with Gasteiger partial charge >= 0.3 is 0 Å². The van der Waals surface area contributed by atoms with Crippen molar-refractivity contribution in [3.8, 4) is 51.7 Å². The van der Waals surface area contributed by atoms with Gasteiger partial charge in [0, 0.05) is 49.4 Å². The van der Waals surface area contributed by atoms with Gasteiger partial charge in [-0.2, -0.15) is 0 Å². The van der Waals surface area contributed by atoms with E-state index in [-0.39, 0.29) is 126 Å². The van der Waals surface area contributed by atoms with E-state index < -0.39 is 10.8 Å². The molecular formula is C89H100O9. The van der Waals surface area contributed by atoms with Crippen LogP contribution in [-0.4, -0.2) is 46.0 Å². The molecule has 0 fully saturated rings. The minimum Gasteiger partial charge on any atom is -0.508 e. The van der Waals surface area contributed by atoms with Crippen LogP contribution in [0.25, 0.3) is 0 Å². The zero-order valence-electron chi connectivity index (χ0n) is 59.9. The van der Waals surface area contributed by atoms with Crippen molar-refractivity contribution in [1.82, 2.24) is 0 Å². The largest absolute Gasteiger partial charge is 0.508 e. The van der Waals surface area contributed by atoms with E-state index in [9.17, 15) is 46.0 Å². The lowest BCUT2D eigenvalue weighted by molar-refractivity contribution is 0.454. The molecule has 0 saturated heterocycles. The van der Waals surface area contributed by atoms with E-state index >= 15 is 0 Å². The quantitative estimate of drug-likeness (QED) is 0.0282. The van der Waals surface area contributed by atoms with E-state index in [1.54, 1.807) is 36.4 Å². The Kier molecular flexibility index (Phi) is 20.9. The average Bonchev–Trinajstić information content (AvgIpc) is 0.740. The number of benzene rings is 10. The fourth-order valence-electron chi connectivity index (χ4n) is 13.8. The maximum absolute atomic E-state index is 12.9. The summed E-state index contributed by atoms with van der Waals surface area (Å²) in [5.41, 5.74) is 16.0. The summed E-state index contributed by atoms with van der Waals surface area (Å²) >= 11 is 0. The van der Waals surface area contributed by atoms with E-state index in [4.69, 9.17) is 0 Å². The summed E-state index contributed by atoms with van der Waals surface area (Å²) in [6.45, 7) is 31.8. The first-order valence-corrected chi connectivity index (χ1v) is 34.9. The molecule has 0 radical (unpaired) electrons. The Bertz CT molecular complexity index is 4150. The second-order valence-electron chi connectivity index (χ2n) is 30.1. The highest BCUT2D eigenvalue weighted by molar-refractivity contribution is 5.63. The summed E-state index contributed by atoms with van der Waals surface area (Å²) in [6.07, 6.45) is 1.12. The molecule has 510 valence electrons. The van der Waals surface area contributed by atoms with Crippen LogP contribution in [0.4, 0.5) is 0 Å². The molecule has 0 heterocycles. The van der Waals surface area contributed by atoms with Crippen LogP contribution in [-0.2, 0) is 49.4 Å². The molecule has 0 bridgehead atoms. The molecule has 9 N–H and O–H groups in total. The third-order valence-electron chi connectivity index (χ3n) is 20.8. The van der Waals surface area contributed by atoms with Gasteiger partial charge in [0.05, 0.1) is 0 Å². The SMILES string of the molecule is CC(C)c1ccc(O)c(Cc2cc(C(C)(C)c3ccc(C(C)(c4cc(Cc5cc(C(C)C)ccc5O)c(O)c(Cc5cc(C(C)C)ccc5O)c4)c4cc(Cc5cc(C(C)C)ccc5O)c(O)c(Cc5cc(C(C)C)ccc5O)c4)cc3)cc(Cc3cc(C(C)C)ccc3O)c2O)c1. The zero-order chi connectivity index (χ0) is 71.0. The molecule has 0 unspecified atom stereocenters. The number of rotatable bonds is 23. The summed E-state index contributed by atoms with van der Waals surface area (Å²) in [4.78, 5) is 0. The Morgan fingerprint density at radius 2 is 0.398 bits per heavy atom. The van der Waals surface area contributed by atoms with Gasteiger partial charge in [-0.1, -0.05) is 230 Å². The molecule has 0 aliphatic rings. The Hall–Kier alpha value is -9.60. The summed E-state index contributed by atoms with van der Waals surface area (Å²) in [5.74, 6) is 1.82. The molecule has 0 amide bonds. The van der Waals surface area contributed by atoms with Crippen molar-refractivity contribution in [2.75, 3.05) is 0 Å². The lowest BCUT2D eigenvalue weighted by atomic mass is 9.68. The van der Waals surface area contributed by atoms with Crippen molar-refractivity contribution < 1.29 is 46.0 Å². The molecule has 0 saturated carbocycles. The molecule has 0 aliphatic heterocycles. The third kappa shape index (κ3) is 15.1. The van der Waals surface area contributed by atoms with Gasteiger partial charge in [0.15, 0.2) is 0 Å². The monoisotopic (exact) mass is 1310 g/mol. The molecule has 9 nitrogen and oxygen atoms in total. The van der Waals surface area contributed by atoms with Crippen molar-refractivity contribution in [3.05, 3.63) is 298 Å². The highest BCUT2D eigenvalue weighted by Crippen LogP contribution is 2.48. The van der Waals surface area contributed by atoms with Crippen molar-refractivity contribution in [3.63, 3.8) is 0 Å². The van der Waals surface area contributed by atoms with Gasteiger partial charge in [-0.25, -0.2) is 0 Å². The zero-order valence-corrected chi connectivity index (χ0v) is 59.9. The Balaban J connectivity index is 1.23. The average molecular weight is 1310 g/mol. The van der Waals surface area contributed by atoms with Gasteiger partial charge in [-0.15, -0.1) is 0 Å². The first-order valence-electron chi connectivity index (χ1n) is 34.9. The fraction of sp³-hybridized carbons (Fsp3) is 0.326. The van der Waals surface area contributed by atoms with Crippen molar-refractivity contribution in [2.45, 2.75) is 189 Å². The Morgan fingerprint density at radius 3 is 0.592 bits per heavy atom. The highest BCUT2D eigenvalue weighted by atomic mass is 16.3. The normalized spacial score (nSPS) is 12.2. The first kappa shape index (κ1) is 71.2. The van der Waals surface area contributed by atoms with E-state index in [1.165, 1.54) is 0 Å². The van der Waals surface area contributed by atoms with Crippen LogP contribution in [0.5, 0.6) is 51.7 Å². The van der Waals surface area contributed by atoms with Gasteiger partial charge in [0.1, 0.15) is 51.7 Å². The minimum absolute atomic E-state index is 0.0308. The molecule has 0 aromatic heterocycles. The van der Waals surface area contributed by atoms with E-state index in [0.717, 1.165) is 61.2 Å². The molecular weight excluding hydrogens is 1210 g/mol. The van der Waals surface area contributed by atoms with Crippen molar-refractivity contribution in [2.24, 2.45) is 0 Å². The second kappa shape index (κ2) is 28.8. The van der Waals surface area contributed by atoms with Gasteiger partial charge in [0.2, 0.25) is 0 Å². The van der Waals surface area contributed by atoms with Crippen LogP contribution in [0.3, 0.4) is 0 Å². The fourth-order valence-corrected chi connectivity index (χ4v) is 13.8. The van der Waals surface area contributed by atoms with E-state index in [1.807, 2.05) is 109 Å². The number of phenolic OH excluding ortho intramolecular Hbond substituents is 9. The smallest absolute Gasteiger partial charge is 0.122 e. The summed E-state index contributed by atoms with van der Waals surface area (Å²) in [7, 11) is 0. The number of phenols is 9. The maximum atomic E-state index is 12.9. The van der Waals surface area contributed by atoms with Gasteiger partial charge in [-0.05, 0) is 207 Å². The Labute approximate surface area is 581 Å². The molecule has 9 heteroatoms. The molecule has 0 aliphatic carbocycles. The standard InChI is InChI=1S/C89H100O9/c1-50(2)56-16-26-79(90)62(32-56)38-68-44-76(45-69(85(68)96)39-63-33-57(51(3)4)17-27-80(63)91)88(13,14)74-22-24-75(25-23-74)89(15,77-46-70(40-64-34-58(52(5)6)18-28-81(64)92)86(97)71(47-77)41-65-35-59(53(7)8)19-29-82(65)93)78-48-72(42-66-36-60(54(9)10)20-30-83(66)94)87(98)73(49-78)43-67-37-61(55(11)12)21-31-84(67)95/h16-37,44-55,90-98H,38-43H2,1-15H3. The van der Waals surface area contributed by atoms with Crippen molar-refractivity contribution >= 4 is 0 Å². The molecule has 0 spiro atoms. The van der Waals surface area contributed by atoms with E-state index in [0.29, 0.717) is 66.8 Å². The van der Waals surface area contributed by atoms with Crippen LogP contribution in [0.1, 0.15) is 267 Å². The highest BCUT2D eigenvalue weighted by Gasteiger charge is 2.36. The number of hydrogen-bond acceptors (Lipinski definition) is 9. The van der Waals surface area contributed by atoms with Crippen molar-refractivity contribution in [1.29, 1.82) is 0 Å². The van der Waals surface area contributed by atoms with Gasteiger partial charge in [-0.3, -0.25) is 0 Å². The molecule has 0 atom stereocenters. The topological polar surface area (TPSA) is 182 Å². The lowest BCUT2D eigenvalue weighted by Gasteiger charge is -2.35. The van der Waals surface area contributed by atoms with Crippen LogP contribution in [0.2, 0.25) is 0 Å². The first-order chi connectivity index (χ1) is 46.3. The molecule has 10 aromatic rings. The minimum atomic E-state index is -1.15. The Morgan fingerprint density at radius 1 is 0.214 bits per heavy atom. The lowest BCUT2D eigenvalue weighted by Crippen LogP contribution is -2.27. The summed E-state index contributed by atoms with van der Waals surface area (Å²) in [5, 5.41) is 108. The summed E-state index contributed by atoms with van der Waals surface area (Å²) < 4.78 is 0. The van der Waals surface area contributed by atoms with Crippen LogP contribution < -0.4 is 0 Å². The van der Waals surface area contributed by atoms with Gasteiger partial charge < -0.3 is 46.0 Å². The summed E-state index contributed by atoms with van der Waals surface area (Å²) in [6, 6.07) is 54.6. The van der Waals surface area contributed by atoms with E-state index in [2.05, 4.69) is 128 Å². The van der Waals surface area contributed by atoms with Crippen LogP contribution in [0.15, 0.2) is 170 Å². The molecule has 10 rings (SSSR count). The van der Waals surface area contributed by atoms with Gasteiger partial charge in [0.25, 0.3) is 0 Å². The predicted molar refractivity (Wildman–Crippen MR) is 398 cm³/mol. The number of hydrogen-bond donors (Lipinski definition) is 9. The predicted octanol–water partition coefficient (Wildman–Crippen LogP) is 21.0. The number of aromatic hydroxyl groups is 9. The third-order valence-corrected chi connectivity index (χ3v) is 20.8. The van der Waals surface area contributed by atoms with Crippen LogP contribution >= 0.6 is 0 Å². The maximum Gasteiger partial charge on any atom is 0.122 e. The molecule has 10 aromatic carbocycles. The van der Waals surface area contributed by atoms with Crippen LogP contribution in [0, 0.1) is 0 Å². The second-order valence-corrected chi connectivity index (χ2v) is 30.1.